The van der Waals surface area contributed by atoms with Gasteiger partial charge in [-0.15, -0.1) is 5.10 Å². The maximum absolute atomic E-state index is 13.7. The summed E-state index contributed by atoms with van der Waals surface area (Å²) in [6.45, 7) is 2.54. The first kappa shape index (κ1) is 11.8. The molecule has 17 heavy (non-hydrogen) atoms. The molecule has 0 saturated carbocycles. The molecule has 0 atom stereocenters. The molecule has 0 amide bonds. The van der Waals surface area contributed by atoms with E-state index in [0.717, 1.165) is 0 Å². The standard InChI is InChI=1S/C11H13FN4S/c1-3-16(9-7-5-4-6-8(9)12)10-13-14-11(17)15(10)2/h4-7H,3H2,1-2H3,(H,14,17). The van der Waals surface area contributed by atoms with Gasteiger partial charge >= 0.3 is 0 Å². The van der Waals surface area contributed by atoms with Crippen molar-refractivity contribution in [3.05, 3.63) is 34.9 Å². The smallest absolute Gasteiger partial charge is 0.230 e. The van der Waals surface area contributed by atoms with Gasteiger partial charge in [0.15, 0.2) is 4.77 Å². The molecule has 1 aromatic carbocycles. The minimum Gasteiger partial charge on any atom is -0.308 e. The van der Waals surface area contributed by atoms with Gasteiger partial charge in [-0.3, -0.25) is 4.57 Å². The fraction of sp³-hybridized carbons (Fsp3) is 0.273. The summed E-state index contributed by atoms with van der Waals surface area (Å²) < 4.78 is 16.0. The third-order valence-corrected chi connectivity index (χ3v) is 2.92. The average Bonchev–Trinajstić information content (AvgIpc) is 2.65. The topological polar surface area (TPSA) is 36.9 Å². The van der Waals surface area contributed by atoms with Gasteiger partial charge in [0, 0.05) is 13.6 Å². The van der Waals surface area contributed by atoms with Crippen LogP contribution in [0.4, 0.5) is 16.0 Å². The van der Waals surface area contributed by atoms with Crippen molar-refractivity contribution in [1.82, 2.24) is 14.8 Å². The van der Waals surface area contributed by atoms with E-state index in [0.29, 0.717) is 23.0 Å². The van der Waals surface area contributed by atoms with Gasteiger partial charge in [0.1, 0.15) is 5.82 Å². The summed E-state index contributed by atoms with van der Waals surface area (Å²) in [5, 5.41) is 6.80. The highest BCUT2D eigenvalue weighted by Gasteiger charge is 2.15. The molecular formula is C11H13FN4S. The first-order valence-corrected chi connectivity index (χ1v) is 5.69. The number of aromatic nitrogens is 3. The second-order valence-corrected chi connectivity index (χ2v) is 3.97. The van der Waals surface area contributed by atoms with Crippen LogP contribution in [0.5, 0.6) is 0 Å². The average molecular weight is 252 g/mol. The second-order valence-electron chi connectivity index (χ2n) is 3.58. The zero-order chi connectivity index (χ0) is 12.4. The summed E-state index contributed by atoms with van der Waals surface area (Å²) >= 11 is 5.05. The van der Waals surface area contributed by atoms with Crippen molar-refractivity contribution in [1.29, 1.82) is 0 Å². The minimum absolute atomic E-state index is 0.275. The van der Waals surface area contributed by atoms with Gasteiger partial charge in [-0.1, -0.05) is 12.1 Å². The number of para-hydroxylation sites is 1. The lowest BCUT2D eigenvalue weighted by Crippen LogP contribution is -2.20. The van der Waals surface area contributed by atoms with E-state index in [1.807, 2.05) is 6.92 Å². The van der Waals surface area contributed by atoms with Crippen molar-refractivity contribution in [2.24, 2.45) is 7.05 Å². The summed E-state index contributed by atoms with van der Waals surface area (Å²) in [4.78, 5) is 1.77. The van der Waals surface area contributed by atoms with E-state index < -0.39 is 0 Å². The predicted molar refractivity (Wildman–Crippen MR) is 67.5 cm³/mol. The molecule has 4 nitrogen and oxygen atoms in total. The second kappa shape index (κ2) is 4.67. The van der Waals surface area contributed by atoms with Gasteiger partial charge in [-0.2, -0.15) is 0 Å². The third-order valence-electron chi connectivity index (χ3n) is 2.56. The van der Waals surface area contributed by atoms with Crippen molar-refractivity contribution in [2.45, 2.75) is 6.92 Å². The zero-order valence-electron chi connectivity index (χ0n) is 9.64. The third kappa shape index (κ3) is 2.08. The number of benzene rings is 1. The molecule has 0 spiro atoms. The summed E-state index contributed by atoms with van der Waals surface area (Å²) in [5.41, 5.74) is 0.493. The monoisotopic (exact) mass is 252 g/mol. The Bertz CT molecular complexity index is 575. The molecule has 0 aliphatic carbocycles. The SMILES string of the molecule is CCN(c1ccccc1F)c1n[nH]c(=S)n1C. The van der Waals surface area contributed by atoms with Crippen LogP contribution < -0.4 is 4.90 Å². The van der Waals surface area contributed by atoms with Gasteiger partial charge in [0.25, 0.3) is 0 Å². The summed E-state index contributed by atoms with van der Waals surface area (Å²) in [5.74, 6) is 0.325. The van der Waals surface area contributed by atoms with Crippen LogP contribution >= 0.6 is 12.2 Å². The summed E-state index contributed by atoms with van der Waals surface area (Å²) in [7, 11) is 1.80. The van der Waals surface area contributed by atoms with Crippen LogP contribution in [0, 0.1) is 10.6 Å². The highest BCUT2D eigenvalue weighted by molar-refractivity contribution is 7.71. The largest absolute Gasteiger partial charge is 0.308 e. The fourth-order valence-corrected chi connectivity index (χ4v) is 1.80. The Labute approximate surface area is 104 Å². The molecule has 0 fully saturated rings. The molecule has 0 aliphatic heterocycles. The summed E-state index contributed by atoms with van der Waals surface area (Å²) in [6.07, 6.45) is 0. The first-order chi connectivity index (χ1) is 8.15. The highest BCUT2D eigenvalue weighted by atomic mass is 32.1. The van der Waals surface area contributed by atoms with Crippen LogP contribution in [-0.2, 0) is 7.05 Å². The number of halogens is 1. The Morgan fingerprint density at radius 1 is 1.47 bits per heavy atom. The first-order valence-electron chi connectivity index (χ1n) is 5.28. The maximum atomic E-state index is 13.7. The molecule has 6 heteroatoms. The minimum atomic E-state index is -0.275. The number of anilines is 2. The lowest BCUT2D eigenvalue weighted by Gasteiger charge is -2.21. The van der Waals surface area contributed by atoms with E-state index >= 15 is 0 Å². The van der Waals surface area contributed by atoms with E-state index in [9.17, 15) is 4.39 Å². The van der Waals surface area contributed by atoms with Gasteiger partial charge in [0.05, 0.1) is 5.69 Å². The molecule has 0 radical (unpaired) electrons. The molecule has 2 rings (SSSR count). The molecule has 0 saturated heterocycles. The van der Waals surface area contributed by atoms with Crippen molar-refractivity contribution in [3.63, 3.8) is 0 Å². The molecule has 2 aromatic rings. The Morgan fingerprint density at radius 2 is 2.18 bits per heavy atom. The lowest BCUT2D eigenvalue weighted by molar-refractivity contribution is 0.623. The molecule has 0 bridgehead atoms. The van der Waals surface area contributed by atoms with Gasteiger partial charge in [0.2, 0.25) is 5.95 Å². The number of H-pyrrole nitrogens is 1. The van der Waals surface area contributed by atoms with E-state index in [1.165, 1.54) is 6.07 Å². The quantitative estimate of drug-likeness (QED) is 0.853. The molecular weight excluding hydrogens is 239 g/mol. The number of nitrogens with zero attached hydrogens (tertiary/aromatic N) is 3. The molecule has 90 valence electrons. The van der Waals surface area contributed by atoms with Gasteiger partial charge in [-0.25, -0.2) is 9.49 Å². The van der Waals surface area contributed by atoms with E-state index in [1.54, 1.807) is 34.7 Å². The van der Waals surface area contributed by atoms with Crippen molar-refractivity contribution >= 4 is 23.9 Å². The van der Waals surface area contributed by atoms with E-state index in [2.05, 4.69) is 10.2 Å². The highest BCUT2D eigenvalue weighted by Crippen LogP contribution is 2.25. The van der Waals surface area contributed by atoms with Crippen molar-refractivity contribution < 1.29 is 4.39 Å². The lowest BCUT2D eigenvalue weighted by atomic mass is 10.3. The van der Waals surface area contributed by atoms with Crippen molar-refractivity contribution in [2.75, 3.05) is 11.4 Å². The molecule has 0 unspecified atom stereocenters. The van der Waals surface area contributed by atoms with Crippen LogP contribution in [0.3, 0.4) is 0 Å². The number of rotatable bonds is 3. The fourth-order valence-electron chi connectivity index (χ4n) is 1.67. The van der Waals surface area contributed by atoms with E-state index in [4.69, 9.17) is 12.2 Å². The predicted octanol–water partition coefficient (Wildman–Crippen LogP) is 2.77. The Hall–Kier alpha value is -1.69. The van der Waals surface area contributed by atoms with Crippen LogP contribution in [0.15, 0.2) is 24.3 Å². The molecule has 1 heterocycles. The number of hydrogen-bond donors (Lipinski definition) is 1. The van der Waals surface area contributed by atoms with Gasteiger partial charge in [-0.05, 0) is 31.3 Å². The molecule has 1 N–H and O–H groups in total. The number of hydrogen-bond acceptors (Lipinski definition) is 3. The van der Waals surface area contributed by atoms with Gasteiger partial charge < -0.3 is 4.90 Å². The van der Waals surface area contributed by atoms with Crippen LogP contribution in [0.2, 0.25) is 0 Å². The molecule has 0 aliphatic rings. The van der Waals surface area contributed by atoms with E-state index in [-0.39, 0.29) is 5.82 Å². The maximum Gasteiger partial charge on any atom is 0.230 e. The normalized spacial score (nSPS) is 10.5. The Kier molecular flexibility index (Phi) is 3.23. The van der Waals surface area contributed by atoms with Crippen molar-refractivity contribution in [3.8, 4) is 0 Å². The Balaban J connectivity index is 2.51. The Morgan fingerprint density at radius 3 is 2.71 bits per heavy atom. The van der Waals surface area contributed by atoms with Crippen LogP contribution in [0.1, 0.15) is 6.92 Å². The molecule has 1 aromatic heterocycles. The number of nitrogens with one attached hydrogen (secondary N) is 1. The number of aromatic amines is 1. The zero-order valence-corrected chi connectivity index (χ0v) is 10.5. The van der Waals surface area contributed by atoms with Crippen LogP contribution in [0.25, 0.3) is 0 Å². The van der Waals surface area contributed by atoms with Crippen LogP contribution in [-0.4, -0.2) is 21.3 Å². The summed E-state index contributed by atoms with van der Waals surface area (Å²) in [6, 6.07) is 6.61.